The number of ether oxygens (including phenoxy) is 1. The fraction of sp³-hybridized carbons (Fsp3) is 0.267. The highest BCUT2D eigenvalue weighted by molar-refractivity contribution is 5.84. The van der Waals surface area contributed by atoms with Crippen molar-refractivity contribution < 1.29 is 4.74 Å². The molecule has 22 heavy (non-hydrogen) atoms. The standard InChI is InChI=1S/C15H18N6O/c1-22-8-7-21(9-11-5-3-2-4-6-11)14-12-13(18-10-17-12)19-15(16)20-14/h2-6,10H,7-9H2,1H3,(H3,16,17,18,19,20). The predicted molar refractivity (Wildman–Crippen MR) is 85.5 cm³/mol. The summed E-state index contributed by atoms with van der Waals surface area (Å²) in [5, 5.41) is 0. The molecule has 0 fully saturated rings. The van der Waals surface area contributed by atoms with Crippen molar-refractivity contribution in [3.05, 3.63) is 42.2 Å². The molecule has 0 aliphatic carbocycles. The number of hydrogen-bond donors (Lipinski definition) is 2. The van der Waals surface area contributed by atoms with Crippen molar-refractivity contribution >= 4 is 22.9 Å². The lowest BCUT2D eigenvalue weighted by atomic mass is 10.2. The first-order chi connectivity index (χ1) is 10.8. The van der Waals surface area contributed by atoms with E-state index in [0.717, 1.165) is 11.3 Å². The summed E-state index contributed by atoms with van der Waals surface area (Å²) in [5.41, 5.74) is 8.34. The maximum absolute atomic E-state index is 5.81. The lowest BCUT2D eigenvalue weighted by Crippen LogP contribution is -2.28. The summed E-state index contributed by atoms with van der Waals surface area (Å²) in [6.45, 7) is 1.98. The topological polar surface area (TPSA) is 92.9 Å². The Labute approximate surface area is 128 Å². The van der Waals surface area contributed by atoms with Gasteiger partial charge in [-0.25, -0.2) is 4.98 Å². The summed E-state index contributed by atoms with van der Waals surface area (Å²) in [7, 11) is 1.68. The molecule has 0 aliphatic rings. The van der Waals surface area contributed by atoms with Gasteiger partial charge in [0.05, 0.1) is 12.9 Å². The molecule has 2 aromatic heterocycles. The second-order valence-electron chi connectivity index (χ2n) is 4.91. The number of methoxy groups -OCH3 is 1. The molecular formula is C15H18N6O. The maximum Gasteiger partial charge on any atom is 0.224 e. The average Bonchev–Trinajstić information content (AvgIpc) is 3.00. The van der Waals surface area contributed by atoms with Crippen LogP contribution in [0.25, 0.3) is 11.2 Å². The number of nitrogens with one attached hydrogen (secondary N) is 1. The van der Waals surface area contributed by atoms with Crippen molar-refractivity contribution in [1.29, 1.82) is 0 Å². The number of nitrogens with two attached hydrogens (primary N) is 1. The molecule has 3 N–H and O–H groups in total. The van der Waals surface area contributed by atoms with E-state index in [2.05, 4.69) is 37.0 Å². The number of anilines is 2. The Morgan fingerprint density at radius 1 is 1.23 bits per heavy atom. The normalized spacial score (nSPS) is 11.0. The van der Waals surface area contributed by atoms with Crippen molar-refractivity contribution in [1.82, 2.24) is 19.9 Å². The highest BCUT2D eigenvalue weighted by Crippen LogP contribution is 2.23. The molecule has 1 aromatic carbocycles. The summed E-state index contributed by atoms with van der Waals surface area (Å²) >= 11 is 0. The van der Waals surface area contributed by atoms with Gasteiger partial charge in [-0.2, -0.15) is 9.97 Å². The fourth-order valence-corrected chi connectivity index (χ4v) is 2.33. The Kier molecular flexibility index (Phi) is 4.15. The van der Waals surface area contributed by atoms with Crippen LogP contribution in [0.2, 0.25) is 0 Å². The second-order valence-corrected chi connectivity index (χ2v) is 4.91. The molecule has 0 bridgehead atoms. The molecule has 0 saturated heterocycles. The van der Waals surface area contributed by atoms with Crippen LogP contribution in [-0.4, -0.2) is 40.2 Å². The van der Waals surface area contributed by atoms with Crippen molar-refractivity contribution in [2.24, 2.45) is 0 Å². The molecule has 114 valence electrons. The van der Waals surface area contributed by atoms with Gasteiger partial charge in [0.15, 0.2) is 11.5 Å². The first-order valence-electron chi connectivity index (χ1n) is 7.02. The SMILES string of the molecule is COCCN(Cc1ccccc1)c1nc(N)nc2nc[nH]c12. The second kappa shape index (κ2) is 6.40. The van der Waals surface area contributed by atoms with E-state index >= 15 is 0 Å². The number of fused-ring (bicyclic) bond motifs is 1. The summed E-state index contributed by atoms with van der Waals surface area (Å²) < 4.78 is 5.21. The predicted octanol–water partition coefficient (Wildman–Crippen LogP) is 1.59. The van der Waals surface area contributed by atoms with Crippen LogP contribution in [0, 0.1) is 0 Å². The third-order valence-corrected chi connectivity index (χ3v) is 3.36. The van der Waals surface area contributed by atoms with Gasteiger partial charge in [-0.1, -0.05) is 30.3 Å². The summed E-state index contributed by atoms with van der Waals surface area (Å²) in [5.74, 6) is 0.950. The lowest BCUT2D eigenvalue weighted by Gasteiger charge is -2.24. The van der Waals surface area contributed by atoms with E-state index in [1.165, 1.54) is 5.56 Å². The molecular weight excluding hydrogens is 280 g/mol. The minimum Gasteiger partial charge on any atom is -0.383 e. The highest BCUT2D eigenvalue weighted by Gasteiger charge is 2.16. The minimum absolute atomic E-state index is 0.213. The van der Waals surface area contributed by atoms with Gasteiger partial charge in [0.25, 0.3) is 0 Å². The largest absolute Gasteiger partial charge is 0.383 e. The van der Waals surface area contributed by atoms with E-state index in [0.29, 0.717) is 25.3 Å². The third kappa shape index (κ3) is 2.99. The Morgan fingerprint density at radius 3 is 2.82 bits per heavy atom. The van der Waals surface area contributed by atoms with Gasteiger partial charge in [-0.15, -0.1) is 0 Å². The van der Waals surface area contributed by atoms with Gasteiger partial charge < -0.3 is 20.4 Å². The molecule has 2 heterocycles. The number of hydrogen-bond acceptors (Lipinski definition) is 6. The van der Waals surface area contributed by atoms with Crippen LogP contribution < -0.4 is 10.6 Å². The minimum atomic E-state index is 0.213. The van der Waals surface area contributed by atoms with Crippen LogP contribution in [-0.2, 0) is 11.3 Å². The molecule has 7 heteroatoms. The van der Waals surface area contributed by atoms with E-state index in [1.807, 2.05) is 18.2 Å². The van der Waals surface area contributed by atoms with Crippen LogP contribution in [0.4, 0.5) is 11.8 Å². The van der Waals surface area contributed by atoms with E-state index in [-0.39, 0.29) is 5.95 Å². The monoisotopic (exact) mass is 298 g/mol. The number of H-pyrrole nitrogens is 1. The molecule has 3 aromatic rings. The summed E-state index contributed by atoms with van der Waals surface area (Å²) in [4.78, 5) is 17.9. The van der Waals surface area contributed by atoms with Crippen LogP contribution in [0.5, 0.6) is 0 Å². The molecule has 0 unspecified atom stereocenters. The third-order valence-electron chi connectivity index (χ3n) is 3.36. The van der Waals surface area contributed by atoms with Gasteiger partial charge in [-0.05, 0) is 5.56 Å². The quantitative estimate of drug-likeness (QED) is 0.718. The highest BCUT2D eigenvalue weighted by atomic mass is 16.5. The van der Waals surface area contributed by atoms with Gasteiger partial charge in [0, 0.05) is 20.2 Å². The Balaban J connectivity index is 1.98. The van der Waals surface area contributed by atoms with Crippen LogP contribution in [0.3, 0.4) is 0 Å². The number of aromatic amines is 1. The number of benzene rings is 1. The number of rotatable bonds is 6. The molecule has 0 aliphatic heterocycles. The van der Waals surface area contributed by atoms with Gasteiger partial charge in [-0.3, -0.25) is 0 Å². The first-order valence-corrected chi connectivity index (χ1v) is 7.02. The molecule has 0 radical (unpaired) electrons. The van der Waals surface area contributed by atoms with Crippen molar-refractivity contribution in [3.8, 4) is 0 Å². The smallest absolute Gasteiger partial charge is 0.224 e. The molecule has 0 amide bonds. The molecule has 0 atom stereocenters. The number of nitrogen functional groups attached to an aromatic ring is 1. The summed E-state index contributed by atoms with van der Waals surface area (Å²) in [6.07, 6.45) is 1.60. The van der Waals surface area contributed by atoms with Crippen molar-refractivity contribution in [2.45, 2.75) is 6.54 Å². The van der Waals surface area contributed by atoms with E-state index < -0.39 is 0 Å². The van der Waals surface area contributed by atoms with Crippen molar-refractivity contribution in [3.63, 3.8) is 0 Å². The molecule has 0 saturated carbocycles. The van der Waals surface area contributed by atoms with Crippen LogP contribution in [0.15, 0.2) is 36.7 Å². The van der Waals surface area contributed by atoms with E-state index in [9.17, 15) is 0 Å². The van der Waals surface area contributed by atoms with Gasteiger partial charge >= 0.3 is 0 Å². The summed E-state index contributed by atoms with van der Waals surface area (Å²) in [6, 6.07) is 10.2. The Hall–Kier alpha value is -2.67. The Bertz CT molecular complexity index is 742. The number of nitrogens with zero attached hydrogens (tertiary/aromatic N) is 4. The zero-order chi connectivity index (χ0) is 15.4. The van der Waals surface area contributed by atoms with Crippen molar-refractivity contribution in [2.75, 3.05) is 30.9 Å². The maximum atomic E-state index is 5.81. The van der Waals surface area contributed by atoms with Crippen LogP contribution >= 0.6 is 0 Å². The lowest BCUT2D eigenvalue weighted by molar-refractivity contribution is 0.205. The first kappa shape index (κ1) is 14.3. The zero-order valence-electron chi connectivity index (χ0n) is 12.4. The molecule has 7 nitrogen and oxygen atoms in total. The fourth-order valence-electron chi connectivity index (χ4n) is 2.33. The van der Waals surface area contributed by atoms with Gasteiger partial charge in [0.1, 0.15) is 5.52 Å². The Morgan fingerprint density at radius 2 is 2.05 bits per heavy atom. The molecule has 0 spiro atoms. The molecule has 3 rings (SSSR count). The zero-order valence-corrected chi connectivity index (χ0v) is 12.4. The van der Waals surface area contributed by atoms with Gasteiger partial charge in [0.2, 0.25) is 5.95 Å². The average molecular weight is 298 g/mol. The number of aromatic nitrogens is 4. The number of imidazole rings is 1. The van der Waals surface area contributed by atoms with E-state index in [1.54, 1.807) is 13.4 Å². The van der Waals surface area contributed by atoms with Crippen LogP contribution in [0.1, 0.15) is 5.56 Å². The van der Waals surface area contributed by atoms with E-state index in [4.69, 9.17) is 10.5 Å².